The number of nitrogens with one attached hydrogen (secondary N) is 1. The van der Waals surface area contributed by atoms with Gasteiger partial charge in [-0.15, -0.1) is 0 Å². The Labute approximate surface area is 110 Å². The fourth-order valence-electron chi connectivity index (χ4n) is 2.31. The Bertz CT molecular complexity index is 350. The topological polar surface area (TPSA) is 24.5 Å². The predicted octanol–water partition coefficient (Wildman–Crippen LogP) is 2.66. The molecule has 100 valence electrons. The van der Waals surface area contributed by atoms with Crippen LogP contribution in [0.3, 0.4) is 0 Å². The summed E-state index contributed by atoms with van der Waals surface area (Å²) in [5.74, 6) is 0.974. The van der Waals surface area contributed by atoms with Gasteiger partial charge in [-0.1, -0.05) is 6.92 Å². The van der Waals surface area contributed by atoms with Crippen LogP contribution in [-0.4, -0.2) is 32.3 Å². The van der Waals surface area contributed by atoms with Crippen LogP contribution in [0.5, 0.6) is 5.75 Å². The monoisotopic (exact) mass is 248 g/mol. The third-order valence-corrected chi connectivity index (χ3v) is 3.27. The van der Waals surface area contributed by atoms with Gasteiger partial charge in [-0.3, -0.25) is 0 Å². The van der Waals surface area contributed by atoms with E-state index in [1.165, 1.54) is 12.1 Å². The Kier molecular flexibility index (Phi) is 4.88. The van der Waals surface area contributed by atoms with Crippen LogP contribution < -0.4 is 15.0 Å². The molecule has 1 aromatic rings. The van der Waals surface area contributed by atoms with Crippen molar-refractivity contribution >= 4 is 5.69 Å². The first-order valence-corrected chi connectivity index (χ1v) is 7.01. The van der Waals surface area contributed by atoms with E-state index in [1.54, 1.807) is 0 Å². The summed E-state index contributed by atoms with van der Waals surface area (Å²) in [6.07, 6.45) is 2.26. The lowest BCUT2D eigenvalue weighted by atomic mass is 10.2. The standard InChI is InChI=1S/C15H24N2O/c1-3-11-18-15-7-5-14(6-8-15)17-10-4-9-16-13(2)12-17/h5-8,13,16H,3-4,9-12H2,1-2H3. The highest BCUT2D eigenvalue weighted by Gasteiger charge is 2.14. The van der Waals surface area contributed by atoms with E-state index in [-0.39, 0.29) is 0 Å². The highest BCUT2D eigenvalue weighted by molar-refractivity contribution is 5.49. The molecule has 0 radical (unpaired) electrons. The van der Waals surface area contributed by atoms with Crippen LogP contribution in [0.15, 0.2) is 24.3 Å². The second-order valence-corrected chi connectivity index (χ2v) is 5.00. The van der Waals surface area contributed by atoms with Crippen molar-refractivity contribution in [3.05, 3.63) is 24.3 Å². The van der Waals surface area contributed by atoms with E-state index in [1.807, 2.05) is 0 Å². The Morgan fingerprint density at radius 2 is 2.11 bits per heavy atom. The van der Waals surface area contributed by atoms with Crippen LogP contribution >= 0.6 is 0 Å². The van der Waals surface area contributed by atoms with Gasteiger partial charge in [0, 0.05) is 24.8 Å². The maximum absolute atomic E-state index is 5.61. The zero-order chi connectivity index (χ0) is 12.8. The SMILES string of the molecule is CCCOc1ccc(N2CCCNC(C)C2)cc1. The summed E-state index contributed by atoms with van der Waals surface area (Å²) < 4.78 is 5.61. The second-order valence-electron chi connectivity index (χ2n) is 5.00. The van der Waals surface area contributed by atoms with Crippen LogP contribution in [0.2, 0.25) is 0 Å². The Hall–Kier alpha value is -1.22. The van der Waals surface area contributed by atoms with E-state index >= 15 is 0 Å². The molecule has 0 aromatic heterocycles. The van der Waals surface area contributed by atoms with Gasteiger partial charge in [-0.25, -0.2) is 0 Å². The minimum absolute atomic E-state index is 0.559. The molecule has 0 aliphatic carbocycles. The van der Waals surface area contributed by atoms with Gasteiger partial charge in [0.2, 0.25) is 0 Å². The summed E-state index contributed by atoms with van der Waals surface area (Å²) in [5.41, 5.74) is 1.30. The minimum Gasteiger partial charge on any atom is -0.494 e. The molecule has 18 heavy (non-hydrogen) atoms. The van der Waals surface area contributed by atoms with Crippen molar-refractivity contribution in [2.45, 2.75) is 32.7 Å². The number of benzene rings is 1. The fourth-order valence-corrected chi connectivity index (χ4v) is 2.31. The molecule has 1 aliphatic rings. The molecule has 1 N–H and O–H groups in total. The molecule has 0 saturated carbocycles. The smallest absolute Gasteiger partial charge is 0.119 e. The molecule has 1 aliphatic heterocycles. The average Bonchev–Trinajstić information content (AvgIpc) is 2.62. The summed E-state index contributed by atoms with van der Waals surface area (Å²) in [5, 5.41) is 3.52. The van der Waals surface area contributed by atoms with Crippen molar-refractivity contribution in [2.75, 3.05) is 31.1 Å². The van der Waals surface area contributed by atoms with Crippen LogP contribution in [0.1, 0.15) is 26.7 Å². The zero-order valence-corrected chi connectivity index (χ0v) is 11.5. The van der Waals surface area contributed by atoms with Gasteiger partial charge in [-0.05, 0) is 50.6 Å². The Morgan fingerprint density at radius 1 is 1.33 bits per heavy atom. The number of hydrogen-bond acceptors (Lipinski definition) is 3. The van der Waals surface area contributed by atoms with E-state index in [4.69, 9.17) is 4.74 Å². The quantitative estimate of drug-likeness (QED) is 0.886. The van der Waals surface area contributed by atoms with Gasteiger partial charge in [-0.2, -0.15) is 0 Å². The van der Waals surface area contributed by atoms with Crippen molar-refractivity contribution < 1.29 is 4.74 Å². The molecular formula is C15H24N2O. The van der Waals surface area contributed by atoms with E-state index in [0.717, 1.165) is 38.4 Å². The summed E-state index contributed by atoms with van der Waals surface area (Å²) in [6.45, 7) is 8.50. The zero-order valence-electron chi connectivity index (χ0n) is 11.5. The van der Waals surface area contributed by atoms with Crippen molar-refractivity contribution in [2.24, 2.45) is 0 Å². The van der Waals surface area contributed by atoms with Gasteiger partial charge >= 0.3 is 0 Å². The van der Waals surface area contributed by atoms with E-state index in [2.05, 4.69) is 48.3 Å². The van der Waals surface area contributed by atoms with E-state index < -0.39 is 0 Å². The molecular weight excluding hydrogens is 224 g/mol. The van der Waals surface area contributed by atoms with Crippen LogP contribution in [-0.2, 0) is 0 Å². The van der Waals surface area contributed by atoms with Gasteiger partial charge in [0.05, 0.1) is 6.61 Å². The molecule has 1 aromatic carbocycles. The minimum atomic E-state index is 0.559. The molecule has 3 heteroatoms. The largest absolute Gasteiger partial charge is 0.494 e. The normalized spacial score (nSPS) is 20.6. The Morgan fingerprint density at radius 3 is 2.83 bits per heavy atom. The van der Waals surface area contributed by atoms with Crippen LogP contribution in [0, 0.1) is 0 Å². The Balaban J connectivity index is 1.99. The van der Waals surface area contributed by atoms with Crippen molar-refractivity contribution in [1.82, 2.24) is 5.32 Å². The average molecular weight is 248 g/mol. The lowest BCUT2D eigenvalue weighted by Crippen LogP contribution is -2.35. The van der Waals surface area contributed by atoms with Gasteiger partial charge in [0.1, 0.15) is 5.75 Å². The van der Waals surface area contributed by atoms with Crippen molar-refractivity contribution in [1.29, 1.82) is 0 Å². The highest BCUT2D eigenvalue weighted by Crippen LogP contribution is 2.20. The van der Waals surface area contributed by atoms with E-state index in [9.17, 15) is 0 Å². The molecule has 1 atom stereocenters. The maximum atomic E-state index is 5.61. The van der Waals surface area contributed by atoms with Crippen molar-refractivity contribution in [3.8, 4) is 5.75 Å². The summed E-state index contributed by atoms with van der Waals surface area (Å²) in [7, 11) is 0. The molecule has 0 bridgehead atoms. The first-order valence-electron chi connectivity index (χ1n) is 7.01. The first kappa shape index (κ1) is 13.2. The number of anilines is 1. The first-order chi connectivity index (χ1) is 8.79. The molecule has 1 heterocycles. The lowest BCUT2D eigenvalue weighted by molar-refractivity contribution is 0.317. The predicted molar refractivity (Wildman–Crippen MR) is 76.5 cm³/mol. The van der Waals surface area contributed by atoms with Gasteiger partial charge in [0.15, 0.2) is 0 Å². The number of ether oxygens (including phenoxy) is 1. The molecule has 2 rings (SSSR count). The van der Waals surface area contributed by atoms with Crippen LogP contribution in [0.25, 0.3) is 0 Å². The van der Waals surface area contributed by atoms with Crippen LogP contribution in [0.4, 0.5) is 5.69 Å². The molecule has 0 spiro atoms. The van der Waals surface area contributed by atoms with Gasteiger partial charge < -0.3 is 15.0 Å². The third kappa shape index (κ3) is 3.64. The highest BCUT2D eigenvalue weighted by atomic mass is 16.5. The summed E-state index contributed by atoms with van der Waals surface area (Å²) >= 11 is 0. The molecule has 1 unspecified atom stereocenters. The van der Waals surface area contributed by atoms with E-state index in [0.29, 0.717) is 6.04 Å². The number of hydrogen-bond donors (Lipinski definition) is 1. The maximum Gasteiger partial charge on any atom is 0.119 e. The molecule has 1 fully saturated rings. The molecule has 1 saturated heterocycles. The molecule has 3 nitrogen and oxygen atoms in total. The number of nitrogens with zero attached hydrogens (tertiary/aromatic N) is 1. The fraction of sp³-hybridized carbons (Fsp3) is 0.600. The summed E-state index contributed by atoms with van der Waals surface area (Å²) in [6, 6.07) is 9.05. The number of rotatable bonds is 4. The van der Waals surface area contributed by atoms with Gasteiger partial charge in [0.25, 0.3) is 0 Å². The second kappa shape index (κ2) is 6.64. The van der Waals surface area contributed by atoms with Crippen molar-refractivity contribution in [3.63, 3.8) is 0 Å². The summed E-state index contributed by atoms with van der Waals surface area (Å²) in [4.78, 5) is 2.45. The third-order valence-electron chi connectivity index (χ3n) is 3.27. The lowest BCUT2D eigenvalue weighted by Gasteiger charge is -2.25. The molecule has 0 amide bonds.